The fraction of sp³-hybridized carbons (Fsp3) is 0.556. The van der Waals surface area contributed by atoms with Gasteiger partial charge in [0.1, 0.15) is 0 Å². The molecule has 1 atom stereocenters. The van der Waals surface area contributed by atoms with E-state index < -0.39 is 5.54 Å². The van der Waals surface area contributed by atoms with Crippen molar-refractivity contribution in [1.82, 2.24) is 15.5 Å². The number of carbonyl (C=O) groups is 1. The summed E-state index contributed by atoms with van der Waals surface area (Å²) in [4.78, 5) is 11.6. The molecule has 0 saturated carbocycles. The number of rotatable bonds is 3. The number of carbonyl (C=O) groups excluding carboxylic acids is 1. The molecule has 0 saturated heterocycles. The maximum atomic E-state index is 11.6. The minimum atomic E-state index is -0.435. The summed E-state index contributed by atoms with van der Waals surface area (Å²) < 4.78 is 0. The van der Waals surface area contributed by atoms with E-state index in [4.69, 9.17) is 11.6 Å². The number of hydrogen-bond acceptors (Lipinski definition) is 2. The molecule has 0 aliphatic rings. The Bertz CT molecular complexity index is 306. The molecule has 2 N–H and O–H groups in total. The van der Waals surface area contributed by atoms with Crippen LogP contribution in [0.2, 0.25) is 0 Å². The first-order valence-electron chi connectivity index (χ1n) is 4.39. The summed E-state index contributed by atoms with van der Waals surface area (Å²) in [6, 6.07) is 0. The number of alkyl halides is 1. The quantitative estimate of drug-likeness (QED) is 0.752. The largest absolute Gasteiger partial charge is 0.346 e. The standard InChI is InChI=1S/C9H14ClN3O/c1-6(10)9(2,3)13-8(14)7-4-11-12-5-7/h4-6H,1-3H3,(H,11,12)(H,13,14). The molecule has 0 radical (unpaired) electrons. The molecule has 0 bridgehead atoms. The molecule has 1 aromatic rings. The van der Waals surface area contributed by atoms with Crippen LogP contribution in [0.4, 0.5) is 0 Å². The molecule has 4 nitrogen and oxygen atoms in total. The molecule has 1 heterocycles. The summed E-state index contributed by atoms with van der Waals surface area (Å²) in [5, 5.41) is 8.97. The van der Waals surface area contributed by atoms with Crippen molar-refractivity contribution in [3.05, 3.63) is 18.0 Å². The average Bonchev–Trinajstić information content (AvgIpc) is 2.54. The number of aromatic nitrogens is 2. The van der Waals surface area contributed by atoms with Gasteiger partial charge >= 0.3 is 0 Å². The Hall–Kier alpha value is -1.03. The Morgan fingerprint density at radius 1 is 1.71 bits per heavy atom. The van der Waals surface area contributed by atoms with Crippen LogP contribution in [-0.2, 0) is 0 Å². The molecule has 5 heteroatoms. The molecule has 0 aromatic carbocycles. The van der Waals surface area contributed by atoms with Gasteiger partial charge in [-0.05, 0) is 20.8 Å². The third-order valence-electron chi connectivity index (χ3n) is 2.19. The first kappa shape index (κ1) is 11.0. The first-order valence-corrected chi connectivity index (χ1v) is 4.82. The van der Waals surface area contributed by atoms with Gasteiger partial charge in [0, 0.05) is 6.20 Å². The van der Waals surface area contributed by atoms with Crippen molar-refractivity contribution in [3.63, 3.8) is 0 Å². The number of nitrogens with zero attached hydrogens (tertiary/aromatic N) is 1. The molecule has 78 valence electrons. The van der Waals surface area contributed by atoms with Crippen molar-refractivity contribution < 1.29 is 4.79 Å². The van der Waals surface area contributed by atoms with Gasteiger partial charge in [0.05, 0.1) is 22.7 Å². The van der Waals surface area contributed by atoms with E-state index in [1.165, 1.54) is 6.20 Å². The van der Waals surface area contributed by atoms with E-state index in [9.17, 15) is 4.79 Å². The van der Waals surface area contributed by atoms with E-state index in [0.29, 0.717) is 5.56 Å². The van der Waals surface area contributed by atoms with Gasteiger partial charge in [0.25, 0.3) is 5.91 Å². The summed E-state index contributed by atoms with van der Waals surface area (Å²) in [5.74, 6) is -0.170. The maximum absolute atomic E-state index is 11.6. The number of H-pyrrole nitrogens is 1. The summed E-state index contributed by atoms with van der Waals surface area (Å²) in [6.45, 7) is 5.60. The summed E-state index contributed by atoms with van der Waals surface area (Å²) in [7, 11) is 0. The fourth-order valence-electron chi connectivity index (χ4n) is 0.839. The minimum Gasteiger partial charge on any atom is -0.346 e. The van der Waals surface area contributed by atoms with Crippen molar-refractivity contribution in [1.29, 1.82) is 0 Å². The van der Waals surface area contributed by atoms with Crippen LogP contribution >= 0.6 is 11.6 Å². The van der Waals surface area contributed by atoms with Crippen molar-refractivity contribution in [2.75, 3.05) is 0 Å². The van der Waals surface area contributed by atoms with Gasteiger partial charge in [-0.3, -0.25) is 9.89 Å². The van der Waals surface area contributed by atoms with Crippen LogP contribution < -0.4 is 5.32 Å². The van der Waals surface area contributed by atoms with Crippen molar-refractivity contribution >= 4 is 17.5 Å². The zero-order valence-electron chi connectivity index (χ0n) is 8.47. The van der Waals surface area contributed by atoms with Crippen LogP contribution in [0, 0.1) is 0 Å². The van der Waals surface area contributed by atoms with Gasteiger partial charge in [-0.1, -0.05) is 0 Å². The van der Waals surface area contributed by atoms with E-state index in [0.717, 1.165) is 0 Å². The van der Waals surface area contributed by atoms with Gasteiger partial charge in [0.2, 0.25) is 0 Å². The first-order chi connectivity index (χ1) is 6.43. The molecule has 14 heavy (non-hydrogen) atoms. The molecular formula is C9H14ClN3O. The monoisotopic (exact) mass is 215 g/mol. The highest BCUT2D eigenvalue weighted by atomic mass is 35.5. The van der Waals surface area contributed by atoms with Crippen molar-refractivity contribution in [3.8, 4) is 0 Å². The second-order valence-corrected chi connectivity index (χ2v) is 4.43. The van der Waals surface area contributed by atoms with Crippen LogP contribution in [0.1, 0.15) is 31.1 Å². The molecule has 0 spiro atoms. The molecule has 1 amide bonds. The van der Waals surface area contributed by atoms with Crippen LogP contribution in [0.5, 0.6) is 0 Å². The lowest BCUT2D eigenvalue weighted by molar-refractivity contribution is 0.0912. The third kappa shape index (κ3) is 2.48. The number of nitrogens with one attached hydrogen (secondary N) is 2. The lowest BCUT2D eigenvalue weighted by atomic mass is 10.0. The fourth-order valence-corrected chi connectivity index (χ4v) is 0.894. The summed E-state index contributed by atoms with van der Waals surface area (Å²) in [5.41, 5.74) is 0.0750. The molecule has 1 unspecified atom stereocenters. The van der Waals surface area contributed by atoms with E-state index in [2.05, 4.69) is 15.5 Å². The van der Waals surface area contributed by atoms with Crippen molar-refractivity contribution in [2.45, 2.75) is 31.7 Å². The van der Waals surface area contributed by atoms with Crippen molar-refractivity contribution in [2.24, 2.45) is 0 Å². The number of aromatic amines is 1. The summed E-state index contributed by atoms with van der Waals surface area (Å²) >= 11 is 5.94. The highest BCUT2D eigenvalue weighted by Gasteiger charge is 2.26. The molecule has 1 aromatic heterocycles. The van der Waals surface area contributed by atoms with Crippen LogP contribution in [0.3, 0.4) is 0 Å². The third-order valence-corrected chi connectivity index (χ3v) is 2.74. The van der Waals surface area contributed by atoms with Gasteiger partial charge in [0.15, 0.2) is 0 Å². The Morgan fingerprint density at radius 2 is 2.36 bits per heavy atom. The van der Waals surface area contributed by atoms with E-state index in [1.54, 1.807) is 6.20 Å². The molecule has 0 aliphatic heterocycles. The smallest absolute Gasteiger partial charge is 0.254 e. The number of hydrogen-bond donors (Lipinski definition) is 2. The van der Waals surface area contributed by atoms with Crippen LogP contribution in [0.15, 0.2) is 12.4 Å². The van der Waals surface area contributed by atoms with E-state index in [-0.39, 0.29) is 11.3 Å². The van der Waals surface area contributed by atoms with Crippen LogP contribution in [0.25, 0.3) is 0 Å². The Balaban J connectivity index is 2.66. The normalized spacial score (nSPS) is 13.7. The average molecular weight is 216 g/mol. The zero-order valence-corrected chi connectivity index (χ0v) is 9.22. The number of halogens is 1. The summed E-state index contributed by atoms with van der Waals surface area (Å²) in [6.07, 6.45) is 3.02. The van der Waals surface area contributed by atoms with E-state index in [1.807, 2.05) is 20.8 Å². The molecule has 1 rings (SSSR count). The topological polar surface area (TPSA) is 57.8 Å². The minimum absolute atomic E-state index is 0.140. The lowest BCUT2D eigenvalue weighted by Gasteiger charge is -2.28. The molecule has 0 fully saturated rings. The molecular weight excluding hydrogens is 202 g/mol. The predicted octanol–water partition coefficient (Wildman–Crippen LogP) is 1.55. The lowest BCUT2D eigenvalue weighted by Crippen LogP contribution is -2.48. The predicted molar refractivity (Wildman–Crippen MR) is 55.4 cm³/mol. The van der Waals surface area contributed by atoms with Gasteiger partial charge in [-0.15, -0.1) is 11.6 Å². The van der Waals surface area contributed by atoms with E-state index >= 15 is 0 Å². The van der Waals surface area contributed by atoms with Gasteiger partial charge < -0.3 is 5.32 Å². The Labute approximate surface area is 88.0 Å². The second-order valence-electron chi connectivity index (χ2n) is 3.78. The van der Waals surface area contributed by atoms with Crippen LogP contribution in [-0.4, -0.2) is 27.0 Å². The highest BCUT2D eigenvalue weighted by Crippen LogP contribution is 2.15. The Kier molecular flexibility index (Phi) is 3.16. The second kappa shape index (κ2) is 4.00. The number of amides is 1. The maximum Gasteiger partial charge on any atom is 0.254 e. The molecule has 0 aliphatic carbocycles. The van der Waals surface area contributed by atoms with Gasteiger partial charge in [-0.2, -0.15) is 5.10 Å². The van der Waals surface area contributed by atoms with Gasteiger partial charge in [-0.25, -0.2) is 0 Å². The SMILES string of the molecule is CC(Cl)C(C)(C)NC(=O)c1cn[nH]c1. The zero-order chi connectivity index (χ0) is 10.8. The highest BCUT2D eigenvalue weighted by molar-refractivity contribution is 6.21. The Morgan fingerprint density at radius 3 is 2.79 bits per heavy atom.